The van der Waals surface area contributed by atoms with Gasteiger partial charge in [-0.15, -0.1) is 0 Å². The lowest BCUT2D eigenvalue weighted by atomic mass is 9.90. The molecule has 0 aliphatic rings. The fourth-order valence-corrected chi connectivity index (χ4v) is 2.28. The maximum absolute atomic E-state index is 12.7. The Morgan fingerprint density at radius 1 is 0.957 bits per heavy atom. The Morgan fingerprint density at radius 2 is 1.52 bits per heavy atom. The van der Waals surface area contributed by atoms with E-state index in [0.29, 0.717) is 0 Å². The molecule has 2 aromatic carbocycles. The third-order valence-electron chi connectivity index (χ3n) is 3.94. The van der Waals surface area contributed by atoms with E-state index in [0.717, 1.165) is 16.9 Å². The standard InChI is InChI=1S/C19H22N2O2/c1-14-10-8-9-13-16(14)20-17(22)19(2,3)18(23)21(4)15-11-6-5-7-12-15/h5-13H,1-4H3,(H,20,22). The van der Waals surface area contributed by atoms with Crippen LogP contribution >= 0.6 is 0 Å². The minimum absolute atomic E-state index is 0.255. The van der Waals surface area contributed by atoms with Gasteiger partial charge in [0, 0.05) is 18.4 Å². The molecule has 0 aromatic heterocycles. The number of nitrogens with one attached hydrogen (secondary N) is 1. The van der Waals surface area contributed by atoms with Gasteiger partial charge < -0.3 is 10.2 Å². The van der Waals surface area contributed by atoms with Gasteiger partial charge in [0.05, 0.1) is 0 Å². The van der Waals surface area contributed by atoms with Gasteiger partial charge in [-0.25, -0.2) is 0 Å². The third kappa shape index (κ3) is 3.59. The SMILES string of the molecule is Cc1ccccc1NC(=O)C(C)(C)C(=O)N(C)c1ccccc1. The molecule has 0 saturated carbocycles. The van der Waals surface area contributed by atoms with Crippen molar-refractivity contribution < 1.29 is 9.59 Å². The Kier molecular flexibility index (Phi) is 4.84. The van der Waals surface area contributed by atoms with Crippen LogP contribution in [0.2, 0.25) is 0 Å². The number of carbonyl (C=O) groups excluding carboxylic acids is 2. The zero-order valence-electron chi connectivity index (χ0n) is 14.0. The highest BCUT2D eigenvalue weighted by Gasteiger charge is 2.38. The number of rotatable bonds is 4. The minimum atomic E-state index is -1.17. The molecule has 4 heteroatoms. The summed E-state index contributed by atoms with van der Waals surface area (Å²) in [7, 11) is 1.68. The Hall–Kier alpha value is -2.62. The number of benzene rings is 2. The van der Waals surface area contributed by atoms with E-state index < -0.39 is 5.41 Å². The smallest absolute Gasteiger partial charge is 0.241 e. The van der Waals surface area contributed by atoms with E-state index in [2.05, 4.69) is 5.32 Å². The molecule has 0 heterocycles. The van der Waals surface area contributed by atoms with Gasteiger partial charge in [0.25, 0.3) is 0 Å². The van der Waals surface area contributed by atoms with E-state index in [1.807, 2.05) is 61.5 Å². The first-order valence-corrected chi connectivity index (χ1v) is 7.54. The zero-order valence-corrected chi connectivity index (χ0v) is 14.0. The van der Waals surface area contributed by atoms with Crippen molar-refractivity contribution in [2.75, 3.05) is 17.3 Å². The summed E-state index contributed by atoms with van der Waals surface area (Å²) in [5.74, 6) is -0.575. The van der Waals surface area contributed by atoms with Gasteiger partial charge >= 0.3 is 0 Å². The number of hydrogen-bond donors (Lipinski definition) is 1. The van der Waals surface area contributed by atoms with Crippen LogP contribution in [0.5, 0.6) is 0 Å². The van der Waals surface area contributed by atoms with Crippen LogP contribution < -0.4 is 10.2 Å². The summed E-state index contributed by atoms with van der Waals surface area (Å²) < 4.78 is 0. The third-order valence-corrected chi connectivity index (χ3v) is 3.94. The molecule has 0 bridgehead atoms. The van der Waals surface area contributed by atoms with Crippen LogP contribution in [0.15, 0.2) is 54.6 Å². The topological polar surface area (TPSA) is 49.4 Å². The maximum atomic E-state index is 12.7. The lowest BCUT2D eigenvalue weighted by molar-refractivity contribution is -0.136. The van der Waals surface area contributed by atoms with Gasteiger partial charge in [-0.3, -0.25) is 9.59 Å². The quantitative estimate of drug-likeness (QED) is 0.877. The van der Waals surface area contributed by atoms with Crippen molar-refractivity contribution in [3.8, 4) is 0 Å². The predicted octanol–water partition coefficient (Wildman–Crippen LogP) is 3.62. The first kappa shape index (κ1) is 16.7. The van der Waals surface area contributed by atoms with Crippen LogP contribution in [0.4, 0.5) is 11.4 Å². The molecule has 23 heavy (non-hydrogen) atoms. The normalized spacial score (nSPS) is 11.0. The van der Waals surface area contributed by atoms with Crippen LogP contribution in [0.1, 0.15) is 19.4 Å². The molecule has 0 unspecified atom stereocenters. The molecular formula is C19H22N2O2. The molecular weight excluding hydrogens is 288 g/mol. The lowest BCUT2D eigenvalue weighted by Gasteiger charge is -2.28. The molecule has 0 radical (unpaired) electrons. The van der Waals surface area contributed by atoms with Crippen molar-refractivity contribution in [2.24, 2.45) is 5.41 Å². The van der Waals surface area contributed by atoms with Gasteiger partial charge in [-0.05, 0) is 44.5 Å². The molecule has 2 rings (SSSR count). The Bertz CT molecular complexity index is 708. The van der Waals surface area contributed by atoms with Crippen molar-refractivity contribution >= 4 is 23.2 Å². The summed E-state index contributed by atoms with van der Waals surface area (Å²) in [6, 6.07) is 16.8. The summed E-state index contributed by atoms with van der Waals surface area (Å²) in [6.07, 6.45) is 0. The summed E-state index contributed by atoms with van der Waals surface area (Å²) in [4.78, 5) is 26.9. The lowest BCUT2D eigenvalue weighted by Crippen LogP contribution is -2.46. The van der Waals surface area contributed by atoms with E-state index in [-0.39, 0.29) is 11.8 Å². The van der Waals surface area contributed by atoms with Crippen molar-refractivity contribution in [1.82, 2.24) is 0 Å². The molecule has 4 nitrogen and oxygen atoms in total. The fraction of sp³-hybridized carbons (Fsp3) is 0.263. The Labute approximate surface area is 137 Å². The van der Waals surface area contributed by atoms with Crippen molar-refractivity contribution in [3.05, 3.63) is 60.2 Å². The molecule has 0 aliphatic heterocycles. The molecule has 2 amide bonds. The van der Waals surface area contributed by atoms with Crippen LogP contribution in [0, 0.1) is 12.3 Å². The summed E-state index contributed by atoms with van der Waals surface area (Å²) >= 11 is 0. The molecule has 0 saturated heterocycles. The molecule has 1 N–H and O–H groups in total. The fourth-order valence-electron chi connectivity index (χ4n) is 2.28. The van der Waals surface area contributed by atoms with Crippen molar-refractivity contribution in [1.29, 1.82) is 0 Å². The zero-order chi connectivity index (χ0) is 17.0. The van der Waals surface area contributed by atoms with Gasteiger partial charge in [0.1, 0.15) is 5.41 Å². The van der Waals surface area contributed by atoms with E-state index in [9.17, 15) is 9.59 Å². The maximum Gasteiger partial charge on any atom is 0.241 e. The Balaban J connectivity index is 2.18. The molecule has 0 spiro atoms. The largest absolute Gasteiger partial charge is 0.325 e. The summed E-state index contributed by atoms with van der Waals surface area (Å²) in [5.41, 5.74) is 1.27. The second-order valence-corrected chi connectivity index (χ2v) is 6.09. The highest BCUT2D eigenvalue weighted by molar-refractivity contribution is 6.14. The van der Waals surface area contributed by atoms with E-state index in [4.69, 9.17) is 0 Å². The van der Waals surface area contributed by atoms with Crippen LogP contribution in [0.25, 0.3) is 0 Å². The molecule has 0 atom stereocenters. The number of nitrogens with zero attached hydrogens (tertiary/aromatic N) is 1. The average Bonchev–Trinajstić information content (AvgIpc) is 2.56. The van der Waals surface area contributed by atoms with E-state index in [1.165, 1.54) is 4.90 Å². The van der Waals surface area contributed by atoms with Gasteiger partial charge in [0.15, 0.2) is 0 Å². The van der Waals surface area contributed by atoms with E-state index >= 15 is 0 Å². The number of hydrogen-bond acceptors (Lipinski definition) is 2. The number of aryl methyl sites for hydroxylation is 1. The first-order valence-electron chi connectivity index (χ1n) is 7.54. The molecule has 0 fully saturated rings. The average molecular weight is 310 g/mol. The van der Waals surface area contributed by atoms with Crippen molar-refractivity contribution in [3.63, 3.8) is 0 Å². The summed E-state index contributed by atoms with van der Waals surface area (Å²) in [5, 5.41) is 2.85. The second-order valence-electron chi connectivity index (χ2n) is 6.09. The highest BCUT2D eigenvalue weighted by Crippen LogP contribution is 2.25. The number of anilines is 2. The van der Waals surface area contributed by atoms with E-state index in [1.54, 1.807) is 20.9 Å². The van der Waals surface area contributed by atoms with Gasteiger partial charge in [-0.1, -0.05) is 36.4 Å². The number of carbonyl (C=O) groups is 2. The first-order chi connectivity index (χ1) is 10.8. The summed E-state index contributed by atoms with van der Waals surface area (Å²) in [6.45, 7) is 5.20. The predicted molar refractivity (Wildman–Crippen MR) is 93.4 cm³/mol. The molecule has 2 aromatic rings. The van der Waals surface area contributed by atoms with Crippen LogP contribution in [-0.2, 0) is 9.59 Å². The number of amides is 2. The van der Waals surface area contributed by atoms with Crippen LogP contribution in [-0.4, -0.2) is 18.9 Å². The highest BCUT2D eigenvalue weighted by atomic mass is 16.2. The Morgan fingerprint density at radius 3 is 2.13 bits per heavy atom. The molecule has 0 aliphatic carbocycles. The van der Waals surface area contributed by atoms with Crippen LogP contribution in [0.3, 0.4) is 0 Å². The van der Waals surface area contributed by atoms with Gasteiger partial charge in [-0.2, -0.15) is 0 Å². The second kappa shape index (κ2) is 6.65. The van der Waals surface area contributed by atoms with Gasteiger partial charge in [0.2, 0.25) is 11.8 Å². The monoisotopic (exact) mass is 310 g/mol. The molecule has 120 valence electrons. The number of para-hydroxylation sites is 2. The van der Waals surface area contributed by atoms with Crippen molar-refractivity contribution in [2.45, 2.75) is 20.8 Å². The minimum Gasteiger partial charge on any atom is -0.325 e.